The van der Waals surface area contributed by atoms with Gasteiger partial charge < -0.3 is 9.84 Å². The Bertz CT molecular complexity index is 1430. The van der Waals surface area contributed by atoms with Crippen LogP contribution in [0.5, 0.6) is 0 Å². The van der Waals surface area contributed by atoms with Gasteiger partial charge in [-0.15, -0.1) is 0 Å². The van der Waals surface area contributed by atoms with E-state index < -0.39 is 33.5 Å². The molecule has 2 aromatic carbocycles. The van der Waals surface area contributed by atoms with Gasteiger partial charge >= 0.3 is 0 Å². The highest BCUT2D eigenvalue weighted by Gasteiger charge is 2.37. The minimum atomic E-state index is -4.05. The molecule has 1 atom stereocenters. The van der Waals surface area contributed by atoms with Crippen LogP contribution in [0.1, 0.15) is 41.0 Å². The second kappa shape index (κ2) is 10.3. The lowest BCUT2D eigenvalue weighted by atomic mass is 9.98. The molecule has 0 saturated carbocycles. The molecular formula is C26H27F2N3O4S. The lowest BCUT2D eigenvalue weighted by Gasteiger charge is -2.31. The Morgan fingerprint density at radius 3 is 2.69 bits per heavy atom. The number of hydrogen-bond acceptors (Lipinski definition) is 5. The van der Waals surface area contributed by atoms with Crippen LogP contribution < -0.4 is 5.32 Å². The Kier molecular flexibility index (Phi) is 7.37. The molecule has 7 nitrogen and oxygen atoms in total. The summed E-state index contributed by atoms with van der Waals surface area (Å²) in [6.07, 6.45) is 4.20. The molecule has 1 aliphatic heterocycles. The summed E-state index contributed by atoms with van der Waals surface area (Å²) in [5, 5.41) is 6.25. The normalized spacial score (nSPS) is 17.0. The van der Waals surface area contributed by atoms with Crippen molar-refractivity contribution in [1.29, 1.82) is 0 Å². The fraction of sp³-hybridized carbons (Fsp3) is 0.308. The molecule has 36 heavy (non-hydrogen) atoms. The zero-order chi connectivity index (χ0) is 26.0. The number of carbonyl (C=O) groups excluding carboxylic acids is 1. The number of carbonyl (C=O) groups is 1. The third kappa shape index (κ3) is 5.39. The van der Waals surface area contributed by atoms with Crippen LogP contribution in [-0.2, 0) is 14.8 Å². The second-order valence-corrected chi connectivity index (χ2v) is 10.8. The number of sulfonamides is 1. The summed E-state index contributed by atoms with van der Waals surface area (Å²) in [5.74, 6) is -2.67. The number of aryl methyl sites for hydroxylation is 3. The van der Waals surface area contributed by atoms with Gasteiger partial charge in [-0.05, 0) is 62.9 Å². The molecule has 1 unspecified atom stereocenters. The van der Waals surface area contributed by atoms with Gasteiger partial charge in [0.2, 0.25) is 15.9 Å². The smallest absolute Gasteiger partial charge is 0.248 e. The van der Waals surface area contributed by atoms with E-state index in [4.69, 9.17) is 4.52 Å². The zero-order valence-corrected chi connectivity index (χ0v) is 21.0. The van der Waals surface area contributed by atoms with Crippen molar-refractivity contribution in [2.45, 2.75) is 38.5 Å². The lowest BCUT2D eigenvalue weighted by molar-refractivity contribution is -0.120. The highest BCUT2D eigenvalue weighted by Crippen LogP contribution is 2.30. The van der Waals surface area contributed by atoms with Crippen LogP contribution in [0.15, 0.2) is 45.8 Å². The minimum absolute atomic E-state index is 0.0544. The van der Waals surface area contributed by atoms with Crippen LogP contribution in [0.3, 0.4) is 0 Å². The van der Waals surface area contributed by atoms with Gasteiger partial charge in [-0.3, -0.25) is 4.79 Å². The molecule has 3 aromatic rings. The average molecular weight is 516 g/mol. The van der Waals surface area contributed by atoms with Crippen LogP contribution in [0.4, 0.5) is 14.5 Å². The van der Waals surface area contributed by atoms with E-state index in [1.807, 2.05) is 32.0 Å². The topological polar surface area (TPSA) is 92.5 Å². The predicted octanol–water partition coefficient (Wildman–Crippen LogP) is 5.09. The first-order chi connectivity index (χ1) is 17.1. The maximum absolute atomic E-state index is 14.0. The summed E-state index contributed by atoms with van der Waals surface area (Å²) < 4.78 is 61.2. The number of rotatable bonds is 6. The van der Waals surface area contributed by atoms with Crippen molar-refractivity contribution in [2.75, 3.05) is 18.4 Å². The van der Waals surface area contributed by atoms with Crippen LogP contribution in [-0.4, -0.2) is 36.9 Å². The molecule has 1 aliphatic rings. The summed E-state index contributed by atoms with van der Waals surface area (Å²) >= 11 is 0. The molecule has 0 bridgehead atoms. The number of piperidine rings is 1. The van der Waals surface area contributed by atoms with Gasteiger partial charge in [-0.2, -0.15) is 4.31 Å². The average Bonchev–Trinajstić information content (AvgIpc) is 3.23. The molecule has 10 heteroatoms. The number of hydrogen-bond donors (Lipinski definition) is 1. The Hall–Kier alpha value is -3.37. The minimum Gasteiger partial charge on any atom is -0.355 e. The van der Waals surface area contributed by atoms with Crippen molar-refractivity contribution in [1.82, 2.24) is 9.46 Å². The van der Waals surface area contributed by atoms with Crippen molar-refractivity contribution in [2.24, 2.45) is 5.92 Å². The summed E-state index contributed by atoms with van der Waals surface area (Å²) in [6, 6.07) is 8.72. The number of nitrogens with zero attached hydrogens (tertiary/aromatic N) is 2. The quantitative estimate of drug-likeness (QED) is 0.494. The third-order valence-electron chi connectivity index (χ3n) is 6.22. The van der Waals surface area contributed by atoms with E-state index in [9.17, 15) is 22.0 Å². The molecule has 190 valence electrons. The number of nitrogens with one attached hydrogen (secondary N) is 1. The first-order valence-electron chi connectivity index (χ1n) is 11.5. The Balaban J connectivity index is 1.56. The molecule has 1 amide bonds. The fourth-order valence-corrected chi connectivity index (χ4v) is 6.01. The zero-order valence-electron chi connectivity index (χ0n) is 20.2. The monoisotopic (exact) mass is 515 g/mol. The molecule has 0 spiro atoms. The van der Waals surface area contributed by atoms with E-state index in [1.54, 1.807) is 19.1 Å². The SMILES string of the molecule is Cc1ccc(C)c(/C=C/c2onc(C)c2S(=O)(=O)N2CCCC(C(=O)Nc3cc(F)ccc3F)C2)c1. The van der Waals surface area contributed by atoms with E-state index >= 15 is 0 Å². The Morgan fingerprint density at radius 2 is 1.92 bits per heavy atom. The van der Waals surface area contributed by atoms with E-state index in [0.29, 0.717) is 12.8 Å². The van der Waals surface area contributed by atoms with Gasteiger partial charge in [-0.1, -0.05) is 35.0 Å². The molecule has 0 aliphatic carbocycles. The van der Waals surface area contributed by atoms with E-state index in [-0.39, 0.29) is 35.1 Å². The maximum atomic E-state index is 14.0. The third-order valence-corrected chi connectivity index (χ3v) is 8.25. The molecule has 1 fully saturated rings. The van der Waals surface area contributed by atoms with Crippen LogP contribution in [0.25, 0.3) is 12.2 Å². The van der Waals surface area contributed by atoms with Crippen molar-refractivity contribution in [3.8, 4) is 0 Å². The number of amides is 1. The number of aromatic nitrogens is 1. The molecule has 0 radical (unpaired) electrons. The summed E-state index contributed by atoms with van der Waals surface area (Å²) in [4.78, 5) is 12.7. The van der Waals surface area contributed by atoms with Crippen LogP contribution >= 0.6 is 0 Å². The van der Waals surface area contributed by atoms with Gasteiger partial charge in [0, 0.05) is 19.2 Å². The van der Waals surface area contributed by atoms with Gasteiger partial charge in [0.25, 0.3) is 0 Å². The highest BCUT2D eigenvalue weighted by atomic mass is 32.2. The largest absolute Gasteiger partial charge is 0.355 e. The van der Waals surface area contributed by atoms with E-state index in [2.05, 4.69) is 10.5 Å². The number of benzene rings is 2. The van der Waals surface area contributed by atoms with Crippen LogP contribution in [0, 0.1) is 38.3 Å². The molecule has 1 aromatic heterocycles. The van der Waals surface area contributed by atoms with Gasteiger partial charge in [-0.25, -0.2) is 17.2 Å². The molecule has 1 N–H and O–H groups in total. The maximum Gasteiger partial charge on any atom is 0.248 e. The molecule has 4 rings (SSSR count). The van der Waals surface area contributed by atoms with Crippen molar-refractivity contribution >= 4 is 33.8 Å². The standard InChI is InChI=1S/C26H27F2N3O4S/c1-16-6-7-17(2)19(13-16)8-11-24-25(18(3)30-35-24)36(33,34)31-12-4-5-20(15-31)26(32)29-23-14-21(27)9-10-22(23)28/h6-11,13-14,20H,4-5,12,15H2,1-3H3,(H,29,32)/b11-8+. The first kappa shape index (κ1) is 25.7. The number of halogens is 2. The predicted molar refractivity (Wildman–Crippen MR) is 133 cm³/mol. The summed E-state index contributed by atoms with van der Waals surface area (Å²) in [5.41, 5.74) is 2.94. The highest BCUT2D eigenvalue weighted by molar-refractivity contribution is 7.89. The van der Waals surface area contributed by atoms with E-state index in [0.717, 1.165) is 34.9 Å². The van der Waals surface area contributed by atoms with Crippen molar-refractivity contribution < 1.29 is 26.5 Å². The van der Waals surface area contributed by atoms with Crippen LogP contribution in [0.2, 0.25) is 0 Å². The van der Waals surface area contributed by atoms with Gasteiger partial charge in [0.1, 0.15) is 17.3 Å². The van der Waals surface area contributed by atoms with E-state index in [1.165, 1.54) is 4.31 Å². The van der Waals surface area contributed by atoms with Gasteiger partial charge in [0.15, 0.2) is 10.7 Å². The fourth-order valence-electron chi connectivity index (χ4n) is 4.24. The number of anilines is 1. The van der Waals surface area contributed by atoms with Crippen molar-refractivity contribution in [3.05, 3.63) is 76.2 Å². The first-order valence-corrected chi connectivity index (χ1v) is 13.0. The Morgan fingerprint density at radius 1 is 1.14 bits per heavy atom. The van der Waals surface area contributed by atoms with Crippen molar-refractivity contribution in [3.63, 3.8) is 0 Å². The molecule has 2 heterocycles. The lowest BCUT2D eigenvalue weighted by Crippen LogP contribution is -2.44. The second-order valence-electron chi connectivity index (χ2n) is 8.97. The summed E-state index contributed by atoms with van der Waals surface area (Å²) in [6.45, 7) is 5.58. The molecular weight excluding hydrogens is 488 g/mol. The Labute approximate surface area is 208 Å². The summed E-state index contributed by atoms with van der Waals surface area (Å²) in [7, 11) is -4.05. The van der Waals surface area contributed by atoms with Gasteiger partial charge in [0.05, 0.1) is 11.6 Å². The molecule has 1 saturated heterocycles.